The minimum Gasteiger partial charge on any atom is -0.453 e. The van der Waals surface area contributed by atoms with Gasteiger partial charge in [0.2, 0.25) is 0 Å². The van der Waals surface area contributed by atoms with Crippen molar-refractivity contribution in [2.24, 2.45) is 0 Å². The van der Waals surface area contributed by atoms with E-state index < -0.39 is 0 Å². The highest BCUT2D eigenvalue weighted by molar-refractivity contribution is 9.10. The molecule has 0 spiro atoms. The number of rotatable bonds is 2. The Hall–Kier alpha value is -1.53. The summed E-state index contributed by atoms with van der Waals surface area (Å²) < 4.78 is 7.55. The number of pyridine rings is 3. The van der Waals surface area contributed by atoms with E-state index in [0.29, 0.717) is 17.0 Å². The van der Waals surface area contributed by atoms with E-state index in [1.165, 1.54) is 0 Å². The minimum atomic E-state index is 0.645. The van der Waals surface area contributed by atoms with Crippen LogP contribution < -0.4 is 4.74 Å². The second-order valence-corrected chi connectivity index (χ2v) is 5.60. The maximum absolute atomic E-state index is 5.80. The molecule has 0 atom stereocenters. The third-order valence-electron chi connectivity index (χ3n) is 2.41. The van der Waals surface area contributed by atoms with Gasteiger partial charge >= 0.3 is 0 Å². The van der Waals surface area contributed by atoms with Gasteiger partial charge in [0.05, 0.1) is 11.7 Å². The molecule has 0 aliphatic heterocycles. The highest BCUT2D eigenvalue weighted by Crippen LogP contribution is 2.29. The highest BCUT2D eigenvalue weighted by Gasteiger charge is 2.06. The summed E-state index contributed by atoms with van der Waals surface area (Å²) in [5.74, 6) is 1.30. The molecular weight excluding hydrogens is 374 g/mol. The Morgan fingerprint density at radius 2 is 1.79 bits per heavy atom. The van der Waals surface area contributed by atoms with E-state index in [0.717, 1.165) is 14.5 Å². The SMILES string of the molecule is Brc1cncc(Oc2ccnc3cc(Br)cnc23)c1. The van der Waals surface area contributed by atoms with E-state index in [4.69, 9.17) is 4.74 Å². The standard InChI is InChI=1S/C13H7Br2N3O/c14-8-3-10(7-16-5-8)19-12-1-2-17-11-4-9(15)6-18-13(11)12/h1-7H. The van der Waals surface area contributed by atoms with Crippen LogP contribution in [0.4, 0.5) is 0 Å². The Morgan fingerprint density at radius 3 is 2.63 bits per heavy atom. The van der Waals surface area contributed by atoms with Crippen LogP contribution in [0.5, 0.6) is 11.5 Å². The molecule has 0 unspecified atom stereocenters. The van der Waals surface area contributed by atoms with Gasteiger partial charge in [0, 0.05) is 33.6 Å². The summed E-state index contributed by atoms with van der Waals surface area (Å²) in [6.45, 7) is 0. The molecule has 4 nitrogen and oxygen atoms in total. The number of halogens is 2. The zero-order valence-corrected chi connectivity index (χ0v) is 12.7. The lowest BCUT2D eigenvalue weighted by molar-refractivity contribution is 0.484. The van der Waals surface area contributed by atoms with Crippen molar-refractivity contribution in [2.75, 3.05) is 0 Å². The van der Waals surface area contributed by atoms with Gasteiger partial charge in [-0.05, 0) is 44.0 Å². The zero-order valence-electron chi connectivity index (χ0n) is 9.55. The van der Waals surface area contributed by atoms with Gasteiger partial charge in [-0.25, -0.2) is 4.98 Å². The van der Waals surface area contributed by atoms with E-state index in [1.807, 2.05) is 12.1 Å². The fraction of sp³-hybridized carbons (Fsp3) is 0. The maximum Gasteiger partial charge on any atom is 0.156 e. The minimum absolute atomic E-state index is 0.645. The first kappa shape index (κ1) is 12.5. The largest absolute Gasteiger partial charge is 0.453 e. The Balaban J connectivity index is 2.06. The van der Waals surface area contributed by atoms with Crippen molar-refractivity contribution in [1.82, 2.24) is 15.0 Å². The number of ether oxygens (including phenoxy) is 1. The Labute approximate surface area is 126 Å². The lowest BCUT2D eigenvalue weighted by Crippen LogP contribution is -1.90. The molecule has 0 aliphatic rings. The molecule has 0 aliphatic carbocycles. The quantitative estimate of drug-likeness (QED) is 0.663. The van der Waals surface area contributed by atoms with Crippen molar-refractivity contribution >= 4 is 42.9 Å². The Morgan fingerprint density at radius 1 is 0.947 bits per heavy atom. The van der Waals surface area contributed by atoms with Gasteiger partial charge in [-0.1, -0.05) is 0 Å². The molecule has 19 heavy (non-hydrogen) atoms. The van der Waals surface area contributed by atoms with Gasteiger partial charge in [-0.2, -0.15) is 0 Å². The third-order valence-corrected chi connectivity index (χ3v) is 3.28. The van der Waals surface area contributed by atoms with Crippen molar-refractivity contribution in [3.05, 3.63) is 51.9 Å². The molecule has 94 valence electrons. The average molecular weight is 381 g/mol. The van der Waals surface area contributed by atoms with E-state index in [2.05, 4.69) is 46.8 Å². The van der Waals surface area contributed by atoms with Crippen LogP contribution in [0.15, 0.2) is 51.9 Å². The van der Waals surface area contributed by atoms with Gasteiger partial charge in [0.25, 0.3) is 0 Å². The Kier molecular flexibility index (Phi) is 3.44. The lowest BCUT2D eigenvalue weighted by atomic mass is 10.3. The van der Waals surface area contributed by atoms with Gasteiger partial charge in [-0.15, -0.1) is 0 Å². The van der Waals surface area contributed by atoms with Crippen LogP contribution in [0.1, 0.15) is 0 Å². The monoisotopic (exact) mass is 379 g/mol. The topological polar surface area (TPSA) is 47.9 Å². The first-order valence-electron chi connectivity index (χ1n) is 5.41. The van der Waals surface area contributed by atoms with Crippen LogP contribution in [0.25, 0.3) is 11.0 Å². The number of hydrogen-bond donors (Lipinski definition) is 0. The molecule has 0 amide bonds. The van der Waals surface area contributed by atoms with E-state index >= 15 is 0 Å². The van der Waals surface area contributed by atoms with Crippen LogP contribution in [-0.2, 0) is 0 Å². The summed E-state index contributed by atoms with van der Waals surface area (Å²) in [6, 6.07) is 5.52. The van der Waals surface area contributed by atoms with Crippen LogP contribution in [0, 0.1) is 0 Å². The van der Waals surface area contributed by atoms with Crippen LogP contribution in [0.2, 0.25) is 0 Å². The summed E-state index contributed by atoms with van der Waals surface area (Å²) in [7, 11) is 0. The fourth-order valence-electron chi connectivity index (χ4n) is 1.64. The molecule has 6 heteroatoms. The molecule has 3 heterocycles. The zero-order chi connectivity index (χ0) is 13.2. The predicted molar refractivity (Wildman–Crippen MR) is 79.2 cm³/mol. The Bertz CT molecular complexity index is 749. The van der Waals surface area contributed by atoms with Crippen molar-refractivity contribution in [1.29, 1.82) is 0 Å². The molecular formula is C13H7Br2N3O. The van der Waals surface area contributed by atoms with Crippen LogP contribution in [0.3, 0.4) is 0 Å². The third kappa shape index (κ3) is 2.74. The normalized spacial score (nSPS) is 10.6. The first-order chi connectivity index (χ1) is 9.22. The highest BCUT2D eigenvalue weighted by atomic mass is 79.9. The first-order valence-corrected chi connectivity index (χ1v) is 6.99. The summed E-state index contributed by atoms with van der Waals surface area (Å²) >= 11 is 6.73. The van der Waals surface area contributed by atoms with Gasteiger partial charge in [0.1, 0.15) is 11.3 Å². The lowest BCUT2D eigenvalue weighted by Gasteiger charge is -2.07. The van der Waals surface area contributed by atoms with Crippen LogP contribution in [-0.4, -0.2) is 15.0 Å². The molecule has 0 saturated carbocycles. The smallest absolute Gasteiger partial charge is 0.156 e. The van der Waals surface area contributed by atoms with E-state index in [1.54, 1.807) is 30.9 Å². The second kappa shape index (κ2) is 5.22. The number of nitrogens with zero attached hydrogens (tertiary/aromatic N) is 3. The van der Waals surface area contributed by atoms with E-state index in [9.17, 15) is 0 Å². The number of hydrogen-bond acceptors (Lipinski definition) is 4. The molecule has 0 fully saturated rings. The van der Waals surface area contributed by atoms with E-state index in [-0.39, 0.29) is 0 Å². The van der Waals surface area contributed by atoms with Gasteiger partial charge < -0.3 is 4.74 Å². The van der Waals surface area contributed by atoms with Gasteiger partial charge in [-0.3, -0.25) is 9.97 Å². The molecule has 0 radical (unpaired) electrons. The molecule has 3 aromatic heterocycles. The second-order valence-electron chi connectivity index (χ2n) is 3.77. The number of fused-ring (bicyclic) bond motifs is 1. The maximum atomic E-state index is 5.80. The van der Waals surface area contributed by atoms with Crippen molar-refractivity contribution in [2.45, 2.75) is 0 Å². The summed E-state index contributed by atoms with van der Waals surface area (Å²) in [4.78, 5) is 12.7. The number of aromatic nitrogens is 3. The average Bonchev–Trinajstić information content (AvgIpc) is 2.38. The van der Waals surface area contributed by atoms with Crippen molar-refractivity contribution in [3.63, 3.8) is 0 Å². The summed E-state index contributed by atoms with van der Waals surface area (Å²) in [5, 5.41) is 0. The van der Waals surface area contributed by atoms with Crippen molar-refractivity contribution in [3.8, 4) is 11.5 Å². The molecule has 3 aromatic rings. The molecule has 0 aromatic carbocycles. The molecule has 0 saturated heterocycles. The fourth-order valence-corrected chi connectivity index (χ4v) is 2.30. The van der Waals surface area contributed by atoms with Crippen molar-refractivity contribution < 1.29 is 4.74 Å². The molecule has 3 rings (SSSR count). The summed E-state index contributed by atoms with van der Waals surface area (Å²) in [5.41, 5.74) is 1.49. The predicted octanol–water partition coefficient (Wildman–Crippen LogP) is 4.34. The molecule has 0 N–H and O–H groups in total. The molecule has 0 bridgehead atoms. The van der Waals surface area contributed by atoms with Gasteiger partial charge in [0.15, 0.2) is 5.75 Å². The summed E-state index contributed by atoms with van der Waals surface area (Å²) in [6.07, 6.45) is 6.76. The van der Waals surface area contributed by atoms with Crippen LogP contribution >= 0.6 is 31.9 Å².